The van der Waals surface area contributed by atoms with E-state index in [1.165, 1.54) is 0 Å². The van der Waals surface area contributed by atoms with Gasteiger partial charge in [-0.15, -0.1) is 0 Å². The molecule has 0 radical (unpaired) electrons. The lowest BCUT2D eigenvalue weighted by atomic mass is 9.79. The van der Waals surface area contributed by atoms with Crippen molar-refractivity contribution in [2.24, 2.45) is 11.3 Å². The van der Waals surface area contributed by atoms with Gasteiger partial charge in [0, 0.05) is 11.8 Å². The Morgan fingerprint density at radius 3 is 2.62 bits per heavy atom. The van der Waals surface area contributed by atoms with E-state index in [9.17, 15) is 9.59 Å². The van der Waals surface area contributed by atoms with Crippen LogP contribution < -0.4 is 0 Å². The molecule has 0 unspecified atom stereocenters. The van der Waals surface area contributed by atoms with Crippen LogP contribution in [0.3, 0.4) is 0 Å². The van der Waals surface area contributed by atoms with Crippen LogP contribution in [0.5, 0.6) is 0 Å². The second-order valence-electron chi connectivity index (χ2n) is 6.74. The highest BCUT2D eigenvalue weighted by Crippen LogP contribution is 2.62. The highest BCUT2D eigenvalue weighted by Gasteiger charge is 2.61. The Labute approximate surface area is 124 Å². The van der Waals surface area contributed by atoms with Crippen molar-refractivity contribution in [3.63, 3.8) is 0 Å². The number of fused-ring (bicyclic) bond motifs is 2. The molecular formula is C17H20O4. The van der Waals surface area contributed by atoms with E-state index in [1.807, 2.05) is 0 Å². The molecule has 3 rings (SSSR count). The standard InChI is InChI=1S/C17H20O4/c1-16(2)13-7-9-17(16,10-8-13)21-20-15(19)14-6-4-3-5-12(14)11-18/h3-4,6,13H,5,7-10H2,1-2H3. The minimum Gasteiger partial charge on any atom is -0.292 e. The van der Waals surface area contributed by atoms with Gasteiger partial charge in [-0.3, -0.25) is 4.89 Å². The van der Waals surface area contributed by atoms with Crippen molar-refractivity contribution in [1.82, 2.24) is 0 Å². The number of carbonyl (C=O) groups is 1. The van der Waals surface area contributed by atoms with Crippen LogP contribution in [0, 0.1) is 11.3 Å². The molecule has 3 aliphatic rings. The van der Waals surface area contributed by atoms with Crippen LogP contribution in [-0.4, -0.2) is 17.5 Å². The van der Waals surface area contributed by atoms with Gasteiger partial charge >= 0.3 is 5.97 Å². The van der Waals surface area contributed by atoms with E-state index in [0.717, 1.165) is 25.7 Å². The van der Waals surface area contributed by atoms with E-state index in [4.69, 9.17) is 9.78 Å². The van der Waals surface area contributed by atoms with Crippen LogP contribution in [0.25, 0.3) is 0 Å². The van der Waals surface area contributed by atoms with E-state index in [-0.39, 0.29) is 16.6 Å². The predicted octanol–water partition coefficient (Wildman–Crippen LogP) is 3.07. The lowest BCUT2D eigenvalue weighted by Gasteiger charge is -2.35. The molecule has 4 nitrogen and oxygen atoms in total. The molecule has 0 aromatic carbocycles. The van der Waals surface area contributed by atoms with Crippen LogP contribution in [0.2, 0.25) is 0 Å². The third kappa shape index (κ3) is 2.10. The van der Waals surface area contributed by atoms with Crippen LogP contribution >= 0.6 is 0 Å². The zero-order chi connectivity index (χ0) is 15.1. The van der Waals surface area contributed by atoms with Crippen molar-refractivity contribution in [3.05, 3.63) is 29.4 Å². The maximum absolute atomic E-state index is 12.2. The minimum atomic E-state index is -0.599. The molecule has 0 saturated heterocycles. The van der Waals surface area contributed by atoms with Crippen molar-refractivity contribution < 1.29 is 19.4 Å². The molecule has 21 heavy (non-hydrogen) atoms. The first-order valence-corrected chi connectivity index (χ1v) is 7.51. The van der Waals surface area contributed by atoms with Crippen LogP contribution in [0.15, 0.2) is 29.4 Å². The van der Waals surface area contributed by atoms with Crippen LogP contribution in [-0.2, 0) is 19.4 Å². The topological polar surface area (TPSA) is 52.6 Å². The number of hydrogen-bond donors (Lipinski definition) is 0. The third-order valence-electron chi connectivity index (χ3n) is 5.65. The average molecular weight is 288 g/mol. The van der Waals surface area contributed by atoms with E-state index < -0.39 is 5.97 Å². The minimum absolute atomic E-state index is 0.0253. The molecule has 2 saturated carbocycles. The summed E-state index contributed by atoms with van der Waals surface area (Å²) in [5.41, 5.74) is 0.216. The van der Waals surface area contributed by atoms with Gasteiger partial charge in [-0.1, -0.05) is 26.0 Å². The Hall–Kier alpha value is -1.64. The Kier molecular flexibility index (Phi) is 3.39. The molecular weight excluding hydrogens is 268 g/mol. The molecule has 0 heterocycles. The van der Waals surface area contributed by atoms with Crippen molar-refractivity contribution in [3.8, 4) is 0 Å². The van der Waals surface area contributed by atoms with Gasteiger partial charge < -0.3 is 0 Å². The summed E-state index contributed by atoms with van der Waals surface area (Å²) in [6.07, 6.45) is 9.61. The molecule has 0 atom stereocenters. The summed E-state index contributed by atoms with van der Waals surface area (Å²) in [5.74, 6) is 1.84. The van der Waals surface area contributed by atoms with Crippen molar-refractivity contribution >= 4 is 11.9 Å². The van der Waals surface area contributed by atoms with Crippen molar-refractivity contribution in [1.29, 1.82) is 0 Å². The first-order chi connectivity index (χ1) is 10.00. The summed E-state index contributed by atoms with van der Waals surface area (Å²) in [6.45, 7) is 4.37. The SMILES string of the molecule is CC1(C)C2CCC1(OOC(=O)C1=CC=CCC1=C=O)CC2. The number of rotatable bonds is 3. The highest BCUT2D eigenvalue weighted by molar-refractivity contribution is 5.97. The smallest absolute Gasteiger partial charge is 0.292 e. The highest BCUT2D eigenvalue weighted by atomic mass is 17.2. The summed E-state index contributed by atoms with van der Waals surface area (Å²) in [7, 11) is 0. The van der Waals surface area contributed by atoms with Gasteiger partial charge in [-0.25, -0.2) is 9.59 Å². The molecule has 112 valence electrons. The normalized spacial score (nSPS) is 32.8. The molecule has 0 aromatic rings. The van der Waals surface area contributed by atoms with Crippen molar-refractivity contribution in [2.75, 3.05) is 0 Å². The summed E-state index contributed by atoms with van der Waals surface area (Å²) in [6, 6.07) is 0. The zero-order valence-electron chi connectivity index (χ0n) is 12.5. The molecule has 3 aliphatic carbocycles. The molecule has 0 aromatic heterocycles. The molecule has 4 heteroatoms. The van der Waals surface area contributed by atoms with Gasteiger partial charge in [-0.2, -0.15) is 4.89 Å². The van der Waals surface area contributed by atoms with Gasteiger partial charge in [0.2, 0.25) is 0 Å². The van der Waals surface area contributed by atoms with Crippen LogP contribution in [0.1, 0.15) is 46.0 Å². The van der Waals surface area contributed by atoms with E-state index in [1.54, 1.807) is 24.2 Å². The largest absolute Gasteiger partial charge is 0.374 e. The monoisotopic (exact) mass is 288 g/mol. The van der Waals surface area contributed by atoms with Gasteiger partial charge in [0.1, 0.15) is 11.5 Å². The number of hydrogen-bond acceptors (Lipinski definition) is 4. The second kappa shape index (κ2) is 4.97. The van der Waals surface area contributed by atoms with Gasteiger partial charge in [0.15, 0.2) is 0 Å². The molecule has 0 aliphatic heterocycles. The Bertz CT molecular complexity index is 568. The molecule has 2 fully saturated rings. The summed E-state index contributed by atoms with van der Waals surface area (Å²) < 4.78 is 0. The second-order valence-corrected chi connectivity index (χ2v) is 6.74. The summed E-state index contributed by atoms with van der Waals surface area (Å²) in [4.78, 5) is 33.8. The fraction of sp³-hybridized carbons (Fsp3) is 0.588. The molecule has 0 spiro atoms. The Morgan fingerprint density at radius 2 is 2.05 bits per heavy atom. The third-order valence-corrected chi connectivity index (χ3v) is 5.65. The summed E-state index contributed by atoms with van der Waals surface area (Å²) >= 11 is 0. The predicted molar refractivity (Wildman–Crippen MR) is 76.7 cm³/mol. The van der Waals surface area contributed by atoms with E-state index in [0.29, 0.717) is 17.9 Å². The quantitative estimate of drug-likeness (QED) is 0.455. The van der Waals surface area contributed by atoms with E-state index in [2.05, 4.69) is 13.8 Å². The van der Waals surface area contributed by atoms with Gasteiger partial charge in [0.05, 0.1) is 11.1 Å². The number of carbonyl (C=O) groups excluding carboxylic acids is 2. The van der Waals surface area contributed by atoms with Gasteiger partial charge in [-0.05, 0) is 37.7 Å². The van der Waals surface area contributed by atoms with E-state index >= 15 is 0 Å². The lowest BCUT2D eigenvalue weighted by molar-refractivity contribution is -0.345. The fourth-order valence-corrected chi connectivity index (χ4v) is 4.02. The average Bonchev–Trinajstić information content (AvgIpc) is 2.90. The van der Waals surface area contributed by atoms with Crippen LogP contribution in [0.4, 0.5) is 0 Å². The Balaban J connectivity index is 1.71. The van der Waals surface area contributed by atoms with Crippen molar-refractivity contribution in [2.45, 2.75) is 51.6 Å². The summed E-state index contributed by atoms with van der Waals surface area (Å²) in [5, 5.41) is 0. The first kappa shape index (κ1) is 14.3. The fourth-order valence-electron chi connectivity index (χ4n) is 4.02. The number of allylic oxidation sites excluding steroid dienone is 3. The first-order valence-electron chi connectivity index (χ1n) is 7.51. The molecule has 2 bridgehead atoms. The molecule has 0 N–H and O–H groups in total. The maximum atomic E-state index is 12.2. The van der Waals surface area contributed by atoms with Gasteiger partial charge in [0.25, 0.3) is 0 Å². The zero-order valence-corrected chi connectivity index (χ0v) is 12.5. The maximum Gasteiger partial charge on any atom is 0.374 e. The Morgan fingerprint density at radius 1 is 1.33 bits per heavy atom. The lowest BCUT2D eigenvalue weighted by Crippen LogP contribution is -2.41. The molecule has 0 amide bonds.